The fourth-order valence-electron chi connectivity index (χ4n) is 4.24. The van der Waals surface area contributed by atoms with Gasteiger partial charge in [-0.15, -0.1) is 11.3 Å². The number of halogens is 2. The van der Waals surface area contributed by atoms with E-state index in [0.717, 1.165) is 37.3 Å². The van der Waals surface area contributed by atoms with Gasteiger partial charge in [0.15, 0.2) is 5.13 Å². The molecule has 1 aliphatic rings. The molecule has 176 valence electrons. The average Bonchev–Trinajstić information content (AvgIpc) is 3.32. The molecule has 4 rings (SSSR count). The molecule has 1 aromatic heterocycles. The largest absolute Gasteiger partial charge is 0.370 e. The first kappa shape index (κ1) is 23.9. The molecule has 33 heavy (non-hydrogen) atoms. The first-order valence-corrected chi connectivity index (χ1v) is 13.4. The van der Waals surface area contributed by atoms with Crippen molar-refractivity contribution in [3.63, 3.8) is 0 Å². The molecular formula is C23H26ClFN4O2S2. The third kappa shape index (κ3) is 5.32. The van der Waals surface area contributed by atoms with Gasteiger partial charge in [0.1, 0.15) is 10.7 Å². The second kappa shape index (κ2) is 9.97. The van der Waals surface area contributed by atoms with Gasteiger partial charge < -0.3 is 4.90 Å². The van der Waals surface area contributed by atoms with Gasteiger partial charge in [-0.25, -0.2) is 17.8 Å². The number of nitrogens with one attached hydrogen (secondary N) is 1. The second-order valence-corrected chi connectivity index (χ2v) is 11.1. The van der Waals surface area contributed by atoms with Gasteiger partial charge in [-0.05, 0) is 31.4 Å². The van der Waals surface area contributed by atoms with E-state index in [4.69, 9.17) is 11.6 Å². The Bertz CT molecular complexity index is 1180. The molecule has 1 N–H and O–H groups in total. The van der Waals surface area contributed by atoms with Crippen LogP contribution in [0.15, 0.2) is 58.9 Å². The van der Waals surface area contributed by atoms with E-state index in [0.29, 0.717) is 11.7 Å². The van der Waals surface area contributed by atoms with Crippen LogP contribution in [-0.4, -0.2) is 44.5 Å². The van der Waals surface area contributed by atoms with E-state index in [2.05, 4.69) is 45.8 Å². The standard InChI is InChI=1S/C23H26ClFN4O2S2/c1-16(17-6-4-3-5-7-17)29-11-8-18(9-12-29)28(2)21-15-20(25)22(14-19(21)24)33(30,31)27-23-26-10-13-32-23/h3-7,10,13-16,18H,8-9,11-12H2,1-2H3,(H,26,27). The highest BCUT2D eigenvalue weighted by Gasteiger charge is 2.29. The van der Waals surface area contributed by atoms with Gasteiger partial charge in [0.25, 0.3) is 10.0 Å². The first-order valence-electron chi connectivity index (χ1n) is 10.7. The zero-order chi connectivity index (χ0) is 23.6. The highest BCUT2D eigenvalue weighted by Crippen LogP contribution is 2.34. The zero-order valence-corrected chi connectivity index (χ0v) is 20.8. The molecule has 6 nitrogen and oxygen atoms in total. The van der Waals surface area contributed by atoms with Gasteiger partial charge in [0, 0.05) is 49.9 Å². The molecule has 3 aromatic rings. The van der Waals surface area contributed by atoms with E-state index in [9.17, 15) is 12.8 Å². The Morgan fingerprint density at radius 2 is 1.94 bits per heavy atom. The van der Waals surface area contributed by atoms with Crippen molar-refractivity contribution in [1.82, 2.24) is 9.88 Å². The zero-order valence-electron chi connectivity index (χ0n) is 18.4. The van der Waals surface area contributed by atoms with E-state index < -0.39 is 20.7 Å². The summed E-state index contributed by atoms with van der Waals surface area (Å²) in [6.07, 6.45) is 3.27. The topological polar surface area (TPSA) is 65.5 Å². The van der Waals surface area contributed by atoms with Gasteiger partial charge in [0.2, 0.25) is 0 Å². The number of hydrogen-bond acceptors (Lipinski definition) is 6. The SMILES string of the molecule is CC(c1ccccc1)N1CCC(N(C)c2cc(F)c(S(=O)(=O)Nc3nccs3)cc2Cl)CC1. The van der Waals surface area contributed by atoms with Crippen LogP contribution in [-0.2, 0) is 10.0 Å². The lowest BCUT2D eigenvalue weighted by Gasteiger charge is -2.40. The molecule has 2 heterocycles. The van der Waals surface area contributed by atoms with Crippen LogP contribution in [0.1, 0.15) is 31.4 Å². The molecular weight excluding hydrogens is 483 g/mol. The van der Waals surface area contributed by atoms with Gasteiger partial charge >= 0.3 is 0 Å². The summed E-state index contributed by atoms with van der Waals surface area (Å²) < 4.78 is 42.4. The number of sulfonamides is 1. The first-order chi connectivity index (χ1) is 15.8. The molecule has 0 radical (unpaired) electrons. The summed E-state index contributed by atoms with van der Waals surface area (Å²) in [5.41, 5.74) is 1.77. The van der Waals surface area contributed by atoms with Crippen LogP contribution in [0.2, 0.25) is 5.02 Å². The second-order valence-electron chi connectivity index (χ2n) is 8.14. The Morgan fingerprint density at radius 1 is 1.24 bits per heavy atom. The number of nitrogens with zero attached hydrogens (tertiary/aromatic N) is 3. The number of thiazole rings is 1. The lowest BCUT2D eigenvalue weighted by Crippen LogP contribution is -2.44. The van der Waals surface area contributed by atoms with E-state index in [-0.39, 0.29) is 16.2 Å². The fourth-order valence-corrected chi connectivity index (χ4v) is 6.47. The van der Waals surface area contributed by atoms with Crippen molar-refractivity contribution in [3.05, 3.63) is 70.4 Å². The number of piperidine rings is 1. The predicted octanol–water partition coefficient (Wildman–Crippen LogP) is 5.40. The summed E-state index contributed by atoms with van der Waals surface area (Å²) >= 11 is 7.55. The lowest BCUT2D eigenvalue weighted by atomic mass is 9.99. The summed E-state index contributed by atoms with van der Waals surface area (Å²) in [5, 5.41) is 1.99. The number of likely N-dealkylation sites (tertiary alicyclic amines) is 1. The normalized spacial score (nSPS) is 16.5. The third-order valence-electron chi connectivity index (χ3n) is 6.20. The van der Waals surface area contributed by atoms with Gasteiger partial charge in [-0.1, -0.05) is 41.9 Å². The number of benzene rings is 2. The van der Waals surface area contributed by atoms with Crippen molar-refractivity contribution in [2.24, 2.45) is 0 Å². The van der Waals surface area contributed by atoms with Crippen molar-refractivity contribution in [2.45, 2.75) is 36.7 Å². The van der Waals surface area contributed by atoms with Gasteiger partial charge in [0.05, 0.1) is 10.7 Å². The fraction of sp³-hybridized carbons (Fsp3) is 0.348. The Labute approximate surface area is 203 Å². The molecule has 0 spiro atoms. The van der Waals surface area contributed by atoms with Crippen LogP contribution in [0.5, 0.6) is 0 Å². The van der Waals surface area contributed by atoms with E-state index in [1.807, 2.05) is 18.0 Å². The molecule has 1 aliphatic heterocycles. The van der Waals surface area contributed by atoms with Crippen molar-refractivity contribution in [3.8, 4) is 0 Å². The maximum Gasteiger partial charge on any atom is 0.266 e. The molecule has 0 saturated carbocycles. The van der Waals surface area contributed by atoms with Crippen LogP contribution >= 0.6 is 22.9 Å². The van der Waals surface area contributed by atoms with Crippen LogP contribution in [0.4, 0.5) is 15.2 Å². The quantitative estimate of drug-likeness (QED) is 0.463. The number of hydrogen-bond donors (Lipinski definition) is 1. The third-order valence-corrected chi connectivity index (χ3v) is 8.68. The Balaban J connectivity index is 1.46. The van der Waals surface area contributed by atoms with Crippen LogP contribution in [0.25, 0.3) is 0 Å². The molecule has 1 unspecified atom stereocenters. The van der Waals surface area contributed by atoms with E-state index in [1.54, 1.807) is 5.38 Å². The Hall–Kier alpha value is -2.20. The van der Waals surface area contributed by atoms with Crippen molar-refractivity contribution < 1.29 is 12.8 Å². The highest BCUT2D eigenvalue weighted by atomic mass is 35.5. The minimum Gasteiger partial charge on any atom is -0.370 e. The van der Waals surface area contributed by atoms with Crippen molar-refractivity contribution in [1.29, 1.82) is 0 Å². The minimum atomic E-state index is -4.13. The lowest BCUT2D eigenvalue weighted by molar-refractivity contribution is 0.162. The molecule has 10 heteroatoms. The number of anilines is 2. The average molecular weight is 509 g/mol. The van der Waals surface area contributed by atoms with E-state index >= 15 is 0 Å². The van der Waals surface area contributed by atoms with Crippen LogP contribution in [0, 0.1) is 5.82 Å². The monoisotopic (exact) mass is 508 g/mol. The van der Waals surface area contributed by atoms with E-state index in [1.165, 1.54) is 23.9 Å². The van der Waals surface area contributed by atoms with Crippen LogP contribution in [0.3, 0.4) is 0 Å². The molecule has 0 bridgehead atoms. The van der Waals surface area contributed by atoms with Gasteiger partial charge in [-0.2, -0.15) is 0 Å². The minimum absolute atomic E-state index is 0.170. The molecule has 1 saturated heterocycles. The van der Waals surface area contributed by atoms with Crippen LogP contribution < -0.4 is 9.62 Å². The predicted molar refractivity (Wildman–Crippen MR) is 132 cm³/mol. The number of aromatic nitrogens is 1. The van der Waals surface area contributed by atoms with Crippen molar-refractivity contribution >= 4 is 43.8 Å². The summed E-state index contributed by atoms with van der Waals surface area (Å²) in [4.78, 5) is 7.80. The molecule has 2 aromatic carbocycles. The molecule has 0 aliphatic carbocycles. The summed E-state index contributed by atoms with van der Waals surface area (Å²) in [5.74, 6) is -0.847. The summed E-state index contributed by atoms with van der Waals surface area (Å²) in [6.45, 7) is 4.04. The smallest absolute Gasteiger partial charge is 0.266 e. The summed E-state index contributed by atoms with van der Waals surface area (Å²) in [7, 11) is -2.26. The Kier molecular flexibility index (Phi) is 7.23. The molecule has 1 atom stereocenters. The maximum absolute atomic E-state index is 14.9. The molecule has 0 amide bonds. The highest BCUT2D eigenvalue weighted by molar-refractivity contribution is 7.93. The number of rotatable bonds is 7. The molecule has 1 fully saturated rings. The maximum atomic E-state index is 14.9. The Morgan fingerprint density at radius 3 is 2.58 bits per heavy atom. The van der Waals surface area contributed by atoms with Gasteiger partial charge in [-0.3, -0.25) is 9.62 Å². The summed E-state index contributed by atoms with van der Waals surface area (Å²) in [6, 6.07) is 13.3. The van der Waals surface area contributed by atoms with Crippen molar-refractivity contribution in [2.75, 3.05) is 29.8 Å².